The van der Waals surface area contributed by atoms with Crippen molar-refractivity contribution in [2.45, 2.75) is 58.7 Å². The van der Waals surface area contributed by atoms with E-state index >= 15 is 0 Å². The molecule has 0 saturated heterocycles. The first-order chi connectivity index (χ1) is 8.04. The lowest BCUT2D eigenvalue weighted by atomic mass is 9.99. The van der Waals surface area contributed by atoms with Crippen LogP contribution in [0.2, 0.25) is 0 Å². The summed E-state index contributed by atoms with van der Waals surface area (Å²) in [6.07, 6.45) is 1.74. The highest BCUT2D eigenvalue weighted by Crippen LogP contribution is 2.30. The van der Waals surface area contributed by atoms with E-state index in [1.165, 1.54) is 0 Å². The fraction of sp³-hybridized carbons (Fsp3) is 0.769. The van der Waals surface area contributed by atoms with Gasteiger partial charge in [-0.1, -0.05) is 0 Å². The van der Waals surface area contributed by atoms with Crippen LogP contribution in [0.3, 0.4) is 0 Å². The van der Waals surface area contributed by atoms with Crippen molar-refractivity contribution < 1.29 is 5.11 Å². The first-order valence-electron chi connectivity index (χ1n) is 6.25. The molecule has 0 radical (unpaired) electrons. The number of hydrogen-bond acceptors (Lipinski definition) is 3. The lowest BCUT2D eigenvalue weighted by molar-refractivity contribution is 0.0392. The van der Waals surface area contributed by atoms with Crippen molar-refractivity contribution in [3.05, 3.63) is 16.4 Å². The van der Waals surface area contributed by atoms with Crippen LogP contribution < -0.4 is 5.32 Å². The second kappa shape index (κ2) is 5.31. The van der Waals surface area contributed by atoms with Crippen molar-refractivity contribution in [3.8, 4) is 0 Å². The highest BCUT2D eigenvalue weighted by Gasteiger charge is 2.31. The molecule has 0 bridgehead atoms. The molecule has 1 aromatic rings. The molecule has 0 aliphatic carbocycles. The summed E-state index contributed by atoms with van der Waals surface area (Å²) in [6.45, 7) is 12.6. The molecule has 5 heteroatoms. The van der Waals surface area contributed by atoms with Crippen LogP contribution in [0.4, 0.5) is 0 Å². The molecule has 0 aliphatic heterocycles. The summed E-state index contributed by atoms with van der Waals surface area (Å²) >= 11 is 3.47. The standard InChI is InChI=1S/C13H24BrN3O/c1-9(2)17-11(10(14)7-16-17)13(6,18)8-15-12(3,4)5/h7,9,15,18H,8H2,1-6H3. The zero-order valence-corrected chi connectivity index (χ0v) is 13.7. The first kappa shape index (κ1) is 15.7. The molecule has 18 heavy (non-hydrogen) atoms. The molecule has 4 nitrogen and oxygen atoms in total. The molecule has 0 aliphatic rings. The van der Waals surface area contributed by atoms with Gasteiger partial charge in [-0.05, 0) is 57.5 Å². The Morgan fingerprint density at radius 3 is 2.39 bits per heavy atom. The van der Waals surface area contributed by atoms with Gasteiger partial charge in [-0.2, -0.15) is 5.10 Å². The van der Waals surface area contributed by atoms with Gasteiger partial charge in [0.05, 0.1) is 16.4 Å². The highest BCUT2D eigenvalue weighted by molar-refractivity contribution is 9.10. The van der Waals surface area contributed by atoms with E-state index < -0.39 is 5.60 Å². The SMILES string of the molecule is CC(C)n1ncc(Br)c1C(C)(O)CNC(C)(C)C. The van der Waals surface area contributed by atoms with Crippen LogP contribution in [-0.4, -0.2) is 27.0 Å². The van der Waals surface area contributed by atoms with Crippen LogP contribution in [0.1, 0.15) is 53.3 Å². The summed E-state index contributed by atoms with van der Waals surface area (Å²) in [5.41, 5.74) is -0.180. The van der Waals surface area contributed by atoms with E-state index in [1.54, 1.807) is 6.20 Å². The summed E-state index contributed by atoms with van der Waals surface area (Å²) in [5, 5.41) is 18.3. The number of nitrogens with one attached hydrogen (secondary N) is 1. The van der Waals surface area contributed by atoms with Gasteiger partial charge in [-0.15, -0.1) is 0 Å². The predicted octanol–water partition coefficient (Wildman–Crippen LogP) is 2.82. The Hall–Kier alpha value is -0.390. The van der Waals surface area contributed by atoms with E-state index in [0.717, 1.165) is 10.2 Å². The Bertz CT molecular complexity index is 405. The van der Waals surface area contributed by atoms with Crippen LogP contribution in [0.25, 0.3) is 0 Å². The van der Waals surface area contributed by atoms with Gasteiger partial charge in [0.15, 0.2) is 0 Å². The quantitative estimate of drug-likeness (QED) is 0.897. The summed E-state index contributed by atoms with van der Waals surface area (Å²) in [5.74, 6) is 0. The highest BCUT2D eigenvalue weighted by atomic mass is 79.9. The van der Waals surface area contributed by atoms with Gasteiger partial charge >= 0.3 is 0 Å². The average molecular weight is 318 g/mol. The number of β-amino-alcohol motifs (C(OH)–C–C–N with tert-alkyl or cyclic N) is 1. The van der Waals surface area contributed by atoms with Crippen LogP contribution in [0.15, 0.2) is 10.7 Å². The summed E-state index contributed by atoms with van der Waals surface area (Å²) in [4.78, 5) is 0. The zero-order chi connectivity index (χ0) is 14.1. The van der Waals surface area contributed by atoms with Gasteiger partial charge < -0.3 is 10.4 Å². The Morgan fingerprint density at radius 1 is 1.39 bits per heavy atom. The van der Waals surface area contributed by atoms with Crippen molar-refractivity contribution in [1.29, 1.82) is 0 Å². The van der Waals surface area contributed by atoms with Crippen molar-refractivity contribution >= 4 is 15.9 Å². The van der Waals surface area contributed by atoms with Gasteiger partial charge in [0.2, 0.25) is 0 Å². The molecule has 0 aromatic carbocycles. The molecule has 2 N–H and O–H groups in total. The van der Waals surface area contributed by atoms with Crippen LogP contribution in [0, 0.1) is 0 Å². The predicted molar refractivity (Wildman–Crippen MR) is 77.6 cm³/mol. The van der Waals surface area contributed by atoms with Crippen LogP contribution in [0.5, 0.6) is 0 Å². The lowest BCUT2D eigenvalue weighted by Gasteiger charge is -2.31. The van der Waals surface area contributed by atoms with E-state index in [9.17, 15) is 5.11 Å². The Balaban J connectivity index is 3.00. The molecule has 0 saturated carbocycles. The smallest absolute Gasteiger partial charge is 0.117 e. The van der Waals surface area contributed by atoms with Crippen LogP contribution in [-0.2, 0) is 5.60 Å². The number of aliphatic hydroxyl groups is 1. The molecule has 0 fully saturated rings. The average Bonchev–Trinajstić information content (AvgIpc) is 2.57. The van der Waals surface area contributed by atoms with Gasteiger partial charge in [-0.3, -0.25) is 4.68 Å². The molecule has 1 heterocycles. The molecule has 1 unspecified atom stereocenters. The number of hydrogen-bond donors (Lipinski definition) is 2. The summed E-state index contributed by atoms with van der Waals surface area (Å²) in [7, 11) is 0. The molecule has 0 spiro atoms. The van der Waals surface area contributed by atoms with Gasteiger partial charge in [0, 0.05) is 18.1 Å². The van der Waals surface area contributed by atoms with Crippen LogP contribution >= 0.6 is 15.9 Å². The monoisotopic (exact) mass is 317 g/mol. The molecule has 1 rings (SSSR count). The maximum Gasteiger partial charge on any atom is 0.117 e. The summed E-state index contributed by atoms with van der Waals surface area (Å²) in [6, 6.07) is 0.215. The maximum absolute atomic E-state index is 10.7. The normalized spacial score (nSPS) is 16.1. The van der Waals surface area contributed by atoms with Gasteiger partial charge in [0.1, 0.15) is 5.60 Å². The second-order valence-electron chi connectivity index (χ2n) is 6.26. The van der Waals surface area contributed by atoms with Gasteiger partial charge in [0.25, 0.3) is 0 Å². The molecule has 0 amide bonds. The number of rotatable bonds is 4. The van der Waals surface area contributed by atoms with E-state index in [2.05, 4.69) is 61.0 Å². The molecular formula is C13H24BrN3O. The fourth-order valence-electron chi connectivity index (χ4n) is 1.76. The number of aromatic nitrogens is 2. The maximum atomic E-state index is 10.7. The van der Waals surface area contributed by atoms with E-state index in [1.807, 2.05) is 11.6 Å². The van der Waals surface area contributed by atoms with E-state index in [4.69, 9.17) is 0 Å². The first-order valence-corrected chi connectivity index (χ1v) is 7.05. The lowest BCUT2D eigenvalue weighted by Crippen LogP contribution is -2.45. The van der Waals surface area contributed by atoms with E-state index in [-0.39, 0.29) is 11.6 Å². The molecule has 104 valence electrons. The third-order valence-electron chi connectivity index (χ3n) is 2.71. The second-order valence-corrected chi connectivity index (χ2v) is 7.11. The third-order valence-corrected chi connectivity index (χ3v) is 3.29. The van der Waals surface area contributed by atoms with Crippen molar-refractivity contribution in [2.24, 2.45) is 0 Å². The minimum absolute atomic E-state index is 0.0286. The minimum atomic E-state index is -0.965. The molecule has 1 atom stereocenters. The molecular weight excluding hydrogens is 294 g/mol. The largest absolute Gasteiger partial charge is 0.382 e. The topological polar surface area (TPSA) is 50.1 Å². The summed E-state index contributed by atoms with van der Waals surface area (Å²) < 4.78 is 2.70. The van der Waals surface area contributed by atoms with Crippen molar-refractivity contribution in [2.75, 3.05) is 6.54 Å². The van der Waals surface area contributed by atoms with Crippen molar-refractivity contribution in [1.82, 2.24) is 15.1 Å². The number of halogens is 1. The Labute approximate surface area is 118 Å². The Morgan fingerprint density at radius 2 is 1.94 bits per heavy atom. The minimum Gasteiger partial charge on any atom is -0.382 e. The Kier molecular flexibility index (Phi) is 4.62. The fourth-order valence-corrected chi connectivity index (χ4v) is 2.46. The zero-order valence-electron chi connectivity index (χ0n) is 12.1. The number of nitrogens with zero attached hydrogens (tertiary/aromatic N) is 2. The van der Waals surface area contributed by atoms with Gasteiger partial charge in [-0.25, -0.2) is 0 Å². The third kappa shape index (κ3) is 3.80. The van der Waals surface area contributed by atoms with Crippen molar-refractivity contribution in [3.63, 3.8) is 0 Å². The molecule has 1 aromatic heterocycles. The van der Waals surface area contributed by atoms with E-state index in [0.29, 0.717) is 6.54 Å².